The molecule has 0 aliphatic carbocycles. The molecule has 0 heterocycles. The van der Waals surface area contributed by atoms with Gasteiger partial charge >= 0.3 is 120 Å². The zero-order valence-corrected chi connectivity index (χ0v) is 18.8. The number of anilines is 1. The molecule has 0 bridgehead atoms. The fourth-order valence-corrected chi connectivity index (χ4v) is 3.14. The molecule has 0 radical (unpaired) electrons. The first-order chi connectivity index (χ1) is 6.93. The molecular weight excluding hydrogens is 575 g/mol. The fraction of sp³-hybridized carbons (Fsp3) is 0. The van der Waals surface area contributed by atoms with Crippen LogP contribution in [0.1, 0.15) is 20.7 Å². The van der Waals surface area contributed by atoms with Gasteiger partial charge in [0.1, 0.15) is 0 Å². The second kappa shape index (κ2) is 5.25. The molecule has 0 aliphatic heterocycles. The number of carbonyl (C=O) groups is 2. The van der Waals surface area contributed by atoms with Gasteiger partial charge in [0, 0.05) is 0 Å². The molecule has 0 unspecified atom stereocenters. The topological polar surface area (TPSA) is 77.8 Å². The summed E-state index contributed by atoms with van der Waals surface area (Å²) in [6.45, 7) is 0. The fourth-order valence-electron chi connectivity index (χ4n) is 1.11. The van der Waals surface area contributed by atoms with Gasteiger partial charge in [0.25, 0.3) is 0 Å². The van der Waals surface area contributed by atoms with Gasteiger partial charge in [-0.05, 0) is 0 Å². The van der Waals surface area contributed by atoms with Gasteiger partial charge < -0.3 is 0 Å². The molecule has 7 heteroatoms. The Balaban J connectivity index is 3.33. The third-order valence-electron chi connectivity index (χ3n) is 1.82. The summed E-state index contributed by atoms with van der Waals surface area (Å²) < 4.78 is 1.95. The van der Waals surface area contributed by atoms with E-state index in [-0.39, 0.29) is 11.1 Å². The number of benzene rings is 1. The first-order valence-electron chi connectivity index (χ1n) is 3.95. The monoisotopic (exact) mass is 583 g/mol. The van der Waals surface area contributed by atoms with Gasteiger partial charge in [0.05, 0.1) is 0 Å². The quantitative estimate of drug-likeness (QED) is 0.518. The Morgan fingerprint density at radius 3 is 2.13 bits per heavy atom. The van der Waals surface area contributed by atoms with Crippen molar-refractivity contribution in [2.75, 3.05) is 0.428 Å². The summed E-state index contributed by atoms with van der Waals surface area (Å²) in [6.07, 6.45) is 0. The van der Waals surface area contributed by atoms with Crippen molar-refractivity contribution in [1.82, 2.24) is 0 Å². The number of hydrogen-bond donors (Lipinski definition) is 2. The predicted molar refractivity (Wildman–Crippen MR) is 42.8 cm³/mol. The Kier molecular flexibility index (Phi) is 4.51. The molecule has 0 aliphatic rings. The molecule has 1 rings (SSSR count). The molecule has 1 aromatic rings. The van der Waals surface area contributed by atoms with Crippen LogP contribution in [0.5, 0.6) is 0 Å². The van der Waals surface area contributed by atoms with Crippen LogP contribution >= 0.6 is 0 Å². The third-order valence-corrected chi connectivity index (χ3v) is 4.46. The van der Waals surface area contributed by atoms with Crippen LogP contribution in [0.2, 0.25) is 0 Å². The average Bonchev–Trinajstić information content (AvgIpc) is 2.16. The molecule has 0 atom stereocenters. The summed E-state index contributed by atoms with van der Waals surface area (Å²) in [4.78, 5) is 21.6. The van der Waals surface area contributed by atoms with Crippen LogP contribution in [0.15, 0.2) is 18.2 Å². The van der Waals surface area contributed by atoms with E-state index in [1.165, 1.54) is 18.2 Å². The van der Waals surface area contributed by atoms with Crippen LogP contribution in [0, 0.1) is 0 Å². The van der Waals surface area contributed by atoms with Gasteiger partial charge in [-0.3, -0.25) is 0 Å². The molecule has 0 saturated heterocycles. The minimum atomic E-state index is -1.03. The Morgan fingerprint density at radius 1 is 1.13 bits per heavy atom. The van der Waals surface area contributed by atoms with Gasteiger partial charge in [-0.1, -0.05) is 0 Å². The Labute approximate surface area is 119 Å². The molecule has 0 fully saturated rings. The van der Waals surface area contributed by atoms with Crippen LogP contribution in [-0.2, 0) is 52.8 Å². The molecule has 5 nitrogen and oxygen atoms in total. The summed E-state index contributed by atoms with van der Waals surface area (Å²) in [5, 5.41) is 17.7. The zero-order chi connectivity index (χ0) is 11.6. The summed E-state index contributed by atoms with van der Waals surface area (Å²) >= 11 is 0.586. The second-order valence-electron chi connectivity index (χ2n) is 2.88. The van der Waals surface area contributed by atoms with Gasteiger partial charge in [0.15, 0.2) is 0 Å². The number of carboxylic acid groups (broad SMARTS) is 2. The number of rotatable bonds is 3. The van der Waals surface area contributed by atoms with Gasteiger partial charge in [-0.25, -0.2) is 0 Å². The van der Waals surface area contributed by atoms with Crippen LogP contribution < -0.4 is 0.428 Å². The maximum atomic E-state index is 10.9. The first-order valence-corrected chi connectivity index (χ1v) is 8.87. The van der Waals surface area contributed by atoms with Crippen LogP contribution in [-0.4, -0.2) is 22.2 Å². The predicted octanol–water partition coefficient (Wildman–Crippen LogP) is 0.813. The maximum absolute atomic E-state index is 10.9. The molecule has 70 valence electrons. The summed E-state index contributed by atoms with van der Waals surface area (Å²) in [5.41, 5.74) is 0.870. The van der Waals surface area contributed by atoms with E-state index >= 15 is 0 Å². The van der Waals surface area contributed by atoms with Crippen molar-refractivity contribution in [3.63, 3.8) is 0 Å². The van der Waals surface area contributed by atoms with Gasteiger partial charge in [0.2, 0.25) is 0 Å². The number of aromatic carboxylic acids is 2. The van der Waals surface area contributed by atoms with Crippen molar-refractivity contribution in [2.45, 2.75) is 0 Å². The average molecular weight is 580 g/mol. The first kappa shape index (κ1) is 12.9. The van der Waals surface area contributed by atoms with E-state index in [2.05, 4.69) is 0 Å². The third kappa shape index (κ3) is 3.14. The Hall–Kier alpha value is -0.170. The van der Waals surface area contributed by atoms with Gasteiger partial charge in [-0.15, -0.1) is 0 Å². The van der Waals surface area contributed by atoms with E-state index in [4.69, 9.17) is 10.2 Å². The SMILES string of the molecule is O=C(O)c1ccc(C(=O)O)c([N]([Hg])[Hg])c1. The Bertz CT molecular complexity index is 419. The summed E-state index contributed by atoms with van der Waals surface area (Å²) in [6, 6.07) is 4.11. The van der Waals surface area contributed by atoms with Crippen molar-refractivity contribution in [1.29, 1.82) is 0 Å². The van der Waals surface area contributed by atoms with E-state index in [1.54, 1.807) is 0 Å². The van der Waals surface area contributed by atoms with Crippen molar-refractivity contribution in [3.8, 4) is 0 Å². The molecule has 15 heavy (non-hydrogen) atoms. The van der Waals surface area contributed by atoms with Gasteiger partial charge in [-0.2, -0.15) is 0 Å². The molecule has 1 aromatic carbocycles. The molecular formula is C8H5Hg2NO4. The molecule has 0 amide bonds. The summed E-state index contributed by atoms with van der Waals surface area (Å²) in [5.74, 6) is -2.04. The van der Waals surface area contributed by atoms with Crippen LogP contribution in [0.4, 0.5) is 5.69 Å². The Morgan fingerprint density at radius 2 is 1.73 bits per heavy atom. The normalized spacial score (nSPS) is 9.87. The molecule has 0 aromatic heterocycles. The number of hydrogen-bond acceptors (Lipinski definition) is 3. The van der Waals surface area contributed by atoms with E-state index in [1.807, 2.05) is 0.428 Å². The standard InChI is InChI=1S/C8H5NO4.2Hg/c9-6-3-4(7(10)11)1-2-5(6)8(12)13;;/h1-3H,(H,10,11)(H,12,13);;. The van der Waals surface area contributed by atoms with E-state index in [9.17, 15) is 9.59 Å². The van der Waals surface area contributed by atoms with E-state index in [0.29, 0.717) is 58.5 Å². The van der Waals surface area contributed by atoms with Crippen molar-refractivity contribution < 1.29 is 72.6 Å². The van der Waals surface area contributed by atoms with Crippen molar-refractivity contribution in [2.24, 2.45) is 0 Å². The van der Waals surface area contributed by atoms with Crippen LogP contribution in [0.3, 0.4) is 0 Å². The van der Waals surface area contributed by atoms with E-state index in [0.717, 1.165) is 0 Å². The second-order valence-corrected chi connectivity index (χ2v) is 22.3. The van der Waals surface area contributed by atoms with E-state index < -0.39 is 11.9 Å². The van der Waals surface area contributed by atoms with Crippen LogP contribution in [0.25, 0.3) is 0 Å². The molecule has 0 spiro atoms. The summed E-state index contributed by atoms with van der Waals surface area (Å²) in [7, 11) is 0. The molecule has 2 N–H and O–H groups in total. The number of nitrogens with zero attached hydrogens (tertiary/aromatic N) is 1. The van der Waals surface area contributed by atoms with Crippen molar-refractivity contribution >= 4 is 17.6 Å². The van der Waals surface area contributed by atoms with Crippen molar-refractivity contribution in [3.05, 3.63) is 29.3 Å². The zero-order valence-electron chi connectivity index (χ0n) is 7.80. The minimum absolute atomic E-state index is 0.135. The molecule has 0 saturated carbocycles. The number of carboxylic acids is 2.